The summed E-state index contributed by atoms with van der Waals surface area (Å²) in [5.74, 6) is 0.479. The van der Waals surface area contributed by atoms with Gasteiger partial charge in [0.05, 0.1) is 0 Å². The van der Waals surface area contributed by atoms with Crippen LogP contribution in [0.25, 0.3) is 0 Å². The number of nitrogens with zero attached hydrogens (tertiary/aromatic N) is 1. The van der Waals surface area contributed by atoms with Crippen molar-refractivity contribution in [3.63, 3.8) is 0 Å². The minimum Gasteiger partial charge on any atom is -0.399 e. The molecular weight excluding hydrogens is 212 g/mol. The molecule has 1 fully saturated rings. The van der Waals surface area contributed by atoms with Crippen LogP contribution in [0.1, 0.15) is 30.0 Å². The fraction of sp³-hybridized carbons (Fsp3) is 0.571. The minimum atomic E-state index is 0.331. The first kappa shape index (κ1) is 11.1. The number of aliphatic hydroxyl groups excluding tert-OH is 1. The summed E-state index contributed by atoms with van der Waals surface area (Å²) in [7, 11) is 0. The molecule has 2 aliphatic rings. The van der Waals surface area contributed by atoms with Crippen LogP contribution in [0, 0.1) is 5.92 Å². The van der Waals surface area contributed by atoms with E-state index >= 15 is 0 Å². The molecular formula is C14H20N2O. The summed E-state index contributed by atoms with van der Waals surface area (Å²) in [6.07, 6.45) is 3.49. The van der Waals surface area contributed by atoms with E-state index in [2.05, 4.69) is 17.0 Å². The predicted octanol–water partition coefficient (Wildman–Crippen LogP) is 1.57. The molecule has 92 valence electrons. The van der Waals surface area contributed by atoms with Crippen molar-refractivity contribution in [3.8, 4) is 0 Å². The molecule has 0 bridgehead atoms. The van der Waals surface area contributed by atoms with Crippen LogP contribution in [-0.2, 0) is 6.42 Å². The third kappa shape index (κ3) is 1.94. The Kier molecular flexibility index (Phi) is 2.81. The van der Waals surface area contributed by atoms with Gasteiger partial charge < -0.3 is 10.8 Å². The van der Waals surface area contributed by atoms with Crippen LogP contribution in [0.5, 0.6) is 0 Å². The Morgan fingerprint density at radius 2 is 2.24 bits per heavy atom. The molecule has 3 rings (SSSR count). The number of hydrogen-bond acceptors (Lipinski definition) is 3. The third-order valence-corrected chi connectivity index (χ3v) is 4.23. The lowest BCUT2D eigenvalue weighted by atomic mass is 10.1. The zero-order chi connectivity index (χ0) is 11.8. The molecule has 3 nitrogen and oxygen atoms in total. The van der Waals surface area contributed by atoms with E-state index in [4.69, 9.17) is 5.73 Å². The normalized spacial score (nSPS) is 28.5. The number of benzene rings is 1. The number of likely N-dealkylation sites (tertiary alicyclic amines) is 1. The topological polar surface area (TPSA) is 49.5 Å². The molecule has 0 amide bonds. The van der Waals surface area contributed by atoms with Gasteiger partial charge in [-0.15, -0.1) is 0 Å². The summed E-state index contributed by atoms with van der Waals surface area (Å²) >= 11 is 0. The highest BCUT2D eigenvalue weighted by molar-refractivity contribution is 5.47. The molecule has 1 aromatic carbocycles. The molecule has 0 spiro atoms. The smallest absolute Gasteiger partial charge is 0.0471 e. The Morgan fingerprint density at radius 3 is 3.00 bits per heavy atom. The molecule has 0 saturated carbocycles. The van der Waals surface area contributed by atoms with Gasteiger partial charge in [0.1, 0.15) is 0 Å². The first-order valence-corrected chi connectivity index (χ1v) is 6.51. The lowest BCUT2D eigenvalue weighted by Gasteiger charge is -2.24. The standard InChI is InChI=1S/C14H20N2O/c15-12-2-3-13-11(7-12)1-4-14(13)16-6-5-10(8-16)9-17/h2-3,7,10,14,17H,1,4-6,8-9,15H2. The molecule has 2 unspecified atom stereocenters. The Hall–Kier alpha value is -1.06. The molecule has 1 aliphatic heterocycles. The van der Waals surface area contributed by atoms with E-state index in [-0.39, 0.29) is 0 Å². The second-order valence-electron chi connectivity index (χ2n) is 5.34. The van der Waals surface area contributed by atoms with Crippen molar-refractivity contribution >= 4 is 5.69 Å². The van der Waals surface area contributed by atoms with Crippen LogP contribution >= 0.6 is 0 Å². The minimum absolute atomic E-state index is 0.331. The van der Waals surface area contributed by atoms with Crippen molar-refractivity contribution < 1.29 is 5.11 Å². The van der Waals surface area contributed by atoms with Crippen LogP contribution in [0.15, 0.2) is 18.2 Å². The first-order chi connectivity index (χ1) is 8.28. The lowest BCUT2D eigenvalue weighted by molar-refractivity contribution is 0.198. The largest absolute Gasteiger partial charge is 0.399 e. The molecule has 1 aliphatic carbocycles. The molecule has 1 heterocycles. The van der Waals surface area contributed by atoms with Crippen molar-refractivity contribution in [1.82, 2.24) is 4.90 Å². The summed E-state index contributed by atoms with van der Waals surface area (Å²) in [5.41, 5.74) is 9.58. The number of nitrogen functional groups attached to an aromatic ring is 1. The Morgan fingerprint density at radius 1 is 1.35 bits per heavy atom. The van der Waals surface area contributed by atoms with Gasteiger partial charge in [-0.3, -0.25) is 4.90 Å². The second kappa shape index (κ2) is 4.31. The van der Waals surface area contributed by atoms with Gasteiger partial charge in [0, 0.05) is 24.9 Å². The maximum Gasteiger partial charge on any atom is 0.0471 e. The molecule has 1 saturated heterocycles. The molecule has 0 radical (unpaired) electrons. The molecule has 0 aromatic heterocycles. The molecule has 3 N–H and O–H groups in total. The van der Waals surface area contributed by atoms with Crippen molar-refractivity contribution in [2.75, 3.05) is 25.4 Å². The van der Waals surface area contributed by atoms with E-state index in [1.165, 1.54) is 17.5 Å². The maximum absolute atomic E-state index is 9.22. The molecule has 2 atom stereocenters. The fourth-order valence-corrected chi connectivity index (χ4v) is 3.29. The first-order valence-electron chi connectivity index (χ1n) is 6.51. The van der Waals surface area contributed by atoms with E-state index in [0.29, 0.717) is 18.6 Å². The SMILES string of the molecule is Nc1ccc2c(c1)CCC2N1CCC(CO)C1. The Balaban J connectivity index is 1.80. The van der Waals surface area contributed by atoms with E-state index in [9.17, 15) is 5.11 Å². The number of hydrogen-bond donors (Lipinski definition) is 2. The zero-order valence-electron chi connectivity index (χ0n) is 10.1. The summed E-state index contributed by atoms with van der Waals surface area (Å²) in [6.45, 7) is 2.50. The summed E-state index contributed by atoms with van der Waals surface area (Å²) in [5, 5.41) is 9.22. The number of aliphatic hydroxyl groups is 1. The van der Waals surface area contributed by atoms with E-state index in [1.807, 2.05) is 6.07 Å². The van der Waals surface area contributed by atoms with Gasteiger partial charge in [-0.05, 0) is 55.0 Å². The van der Waals surface area contributed by atoms with Gasteiger partial charge in [-0.1, -0.05) is 6.07 Å². The summed E-state index contributed by atoms with van der Waals surface area (Å²) < 4.78 is 0. The number of rotatable bonds is 2. The van der Waals surface area contributed by atoms with Crippen molar-refractivity contribution in [2.24, 2.45) is 5.92 Å². The number of anilines is 1. The zero-order valence-corrected chi connectivity index (χ0v) is 10.1. The van der Waals surface area contributed by atoms with E-state index in [1.54, 1.807) is 0 Å². The van der Waals surface area contributed by atoms with Gasteiger partial charge in [-0.2, -0.15) is 0 Å². The van der Waals surface area contributed by atoms with Crippen molar-refractivity contribution in [1.29, 1.82) is 0 Å². The van der Waals surface area contributed by atoms with Crippen LogP contribution in [0.4, 0.5) is 5.69 Å². The van der Waals surface area contributed by atoms with E-state index < -0.39 is 0 Å². The quantitative estimate of drug-likeness (QED) is 0.761. The van der Waals surface area contributed by atoms with Crippen LogP contribution in [0.3, 0.4) is 0 Å². The van der Waals surface area contributed by atoms with Gasteiger partial charge in [-0.25, -0.2) is 0 Å². The van der Waals surface area contributed by atoms with Crippen molar-refractivity contribution in [3.05, 3.63) is 29.3 Å². The van der Waals surface area contributed by atoms with E-state index in [0.717, 1.165) is 31.6 Å². The van der Waals surface area contributed by atoms with Crippen molar-refractivity contribution in [2.45, 2.75) is 25.3 Å². The molecule has 1 aromatic rings. The molecule has 17 heavy (non-hydrogen) atoms. The lowest BCUT2D eigenvalue weighted by Crippen LogP contribution is -2.25. The monoisotopic (exact) mass is 232 g/mol. The summed E-state index contributed by atoms with van der Waals surface area (Å²) in [6, 6.07) is 6.88. The highest BCUT2D eigenvalue weighted by Gasteiger charge is 2.32. The maximum atomic E-state index is 9.22. The van der Waals surface area contributed by atoms with Crippen LogP contribution in [0.2, 0.25) is 0 Å². The summed E-state index contributed by atoms with van der Waals surface area (Å²) in [4.78, 5) is 2.53. The number of nitrogens with two attached hydrogens (primary N) is 1. The average molecular weight is 232 g/mol. The second-order valence-corrected chi connectivity index (χ2v) is 5.34. The number of fused-ring (bicyclic) bond motifs is 1. The van der Waals surface area contributed by atoms with Gasteiger partial charge in [0.2, 0.25) is 0 Å². The Bertz CT molecular complexity index is 419. The van der Waals surface area contributed by atoms with Crippen LogP contribution < -0.4 is 5.73 Å². The average Bonchev–Trinajstić information content (AvgIpc) is 2.93. The highest BCUT2D eigenvalue weighted by Crippen LogP contribution is 2.38. The van der Waals surface area contributed by atoms with Crippen LogP contribution in [-0.4, -0.2) is 29.7 Å². The molecule has 3 heteroatoms. The van der Waals surface area contributed by atoms with Gasteiger partial charge in [0.15, 0.2) is 0 Å². The number of aryl methyl sites for hydroxylation is 1. The van der Waals surface area contributed by atoms with Gasteiger partial charge in [0.25, 0.3) is 0 Å². The predicted molar refractivity (Wildman–Crippen MR) is 68.7 cm³/mol. The Labute approximate surface area is 102 Å². The highest BCUT2D eigenvalue weighted by atomic mass is 16.3. The third-order valence-electron chi connectivity index (χ3n) is 4.23. The van der Waals surface area contributed by atoms with Gasteiger partial charge >= 0.3 is 0 Å². The fourth-order valence-electron chi connectivity index (χ4n) is 3.29.